The van der Waals surface area contributed by atoms with Gasteiger partial charge in [-0.05, 0) is 12.1 Å². The fraction of sp³-hybridized carbons (Fsp3) is 0.125. The Morgan fingerprint density at radius 3 is 2.72 bits per heavy atom. The minimum atomic E-state index is -4.83. The maximum atomic E-state index is 11.9. The van der Waals surface area contributed by atoms with Crippen LogP contribution in [-0.4, -0.2) is 17.4 Å². The molecular formula is C8H7F3N4O3. The molecule has 10 heteroatoms. The number of hydrogen-bond acceptors (Lipinski definition) is 4. The van der Waals surface area contributed by atoms with E-state index in [4.69, 9.17) is 5.73 Å². The Morgan fingerprint density at radius 1 is 1.50 bits per heavy atom. The van der Waals surface area contributed by atoms with Gasteiger partial charge in [0.05, 0.1) is 5.69 Å². The van der Waals surface area contributed by atoms with Crippen molar-refractivity contribution in [2.45, 2.75) is 6.36 Å². The molecule has 0 fully saturated rings. The third kappa shape index (κ3) is 5.01. The standard InChI is InChI=1S/C8H7F3N4O3/c9-8(10,11)18-6-3-1-2-5(4-6)13-7(12)14-15(16)17/h1-4H,(H3,12,13,14). The second kappa shape index (κ2) is 5.21. The summed E-state index contributed by atoms with van der Waals surface area (Å²) < 4.78 is 39.4. The predicted octanol–water partition coefficient (Wildman–Crippen LogP) is 1.31. The molecule has 1 aromatic carbocycles. The van der Waals surface area contributed by atoms with Gasteiger partial charge in [-0.2, -0.15) is 0 Å². The fourth-order valence-electron chi connectivity index (χ4n) is 1.01. The van der Waals surface area contributed by atoms with Gasteiger partial charge >= 0.3 is 6.36 Å². The largest absolute Gasteiger partial charge is 0.573 e. The highest BCUT2D eigenvalue weighted by molar-refractivity contribution is 5.79. The van der Waals surface area contributed by atoms with Crippen LogP contribution in [0, 0.1) is 10.1 Å². The molecule has 0 radical (unpaired) electrons. The fourth-order valence-corrected chi connectivity index (χ4v) is 1.01. The molecule has 0 aromatic heterocycles. The summed E-state index contributed by atoms with van der Waals surface area (Å²) in [5.74, 6) is -1.07. The first-order chi connectivity index (χ1) is 8.26. The zero-order valence-corrected chi connectivity index (χ0v) is 8.64. The number of benzene rings is 1. The summed E-state index contributed by atoms with van der Waals surface area (Å²) >= 11 is 0. The van der Waals surface area contributed by atoms with Gasteiger partial charge < -0.3 is 10.5 Å². The second-order valence-electron chi connectivity index (χ2n) is 2.91. The Balaban J connectivity index is 2.85. The molecule has 0 heterocycles. The van der Waals surface area contributed by atoms with Crippen molar-refractivity contribution in [3.63, 3.8) is 0 Å². The quantitative estimate of drug-likeness (QED) is 0.371. The van der Waals surface area contributed by atoms with E-state index < -0.39 is 23.1 Å². The maximum absolute atomic E-state index is 11.9. The monoisotopic (exact) mass is 264 g/mol. The first kappa shape index (κ1) is 13.5. The molecule has 98 valence electrons. The molecule has 0 saturated carbocycles. The lowest BCUT2D eigenvalue weighted by Crippen LogP contribution is -2.35. The van der Waals surface area contributed by atoms with Crippen LogP contribution in [-0.2, 0) is 0 Å². The van der Waals surface area contributed by atoms with Gasteiger partial charge in [-0.3, -0.25) is 0 Å². The summed E-state index contributed by atoms with van der Waals surface area (Å²) in [4.78, 5) is 13.5. The summed E-state index contributed by atoms with van der Waals surface area (Å²) in [5, 5.41) is 9.07. The molecule has 0 aliphatic heterocycles. The molecule has 1 aromatic rings. The number of hydrogen-bond donors (Lipinski definition) is 2. The molecule has 0 aliphatic rings. The van der Waals surface area contributed by atoms with E-state index in [1.165, 1.54) is 12.1 Å². The van der Waals surface area contributed by atoms with Crippen LogP contribution in [0.3, 0.4) is 0 Å². The number of alkyl halides is 3. The van der Waals surface area contributed by atoms with E-state index in [-0.39, 0.29) is 5.69 Å². The van der Waals surface area contributed by atoms with Gasteiger partial charge in [-0.15, -0.1) is 13.2 Å². The van der Waals surface area contributed by atoms with Crippen LogP contribution in [0.2, 0.25) is 0 Å². The van der Waals surface area contributed by atoms with E-state index in [1.807, 2.05) is 0 Å². The highest BCUT2D eigenvalue weighted by atomic mass is 19.4. The van der Waals surface area contributed by atoms with Gasteiger partial charge in [0, 0.05) is 6.07 Å². The van der Waals surface area contributed by atoms with E-state index >= 15 is 0 Å². The first-order valence-electron chi connectivity index (χ1n) is 4.37. The molecule has 0 aliphatic carbocycles. The average molecular weight is 264 g/mol. The molecule has 1 rings (SSSR count). The molecule has 0 atom stereocenters. The van der Waals surface area contributed by atoms with Crippen LogP contribution in [0.15, 0.2) is 29.3 Å². The van der Waals surface area contributed by atoms with Crippen LogP contribution in [0.4, 0.5) is 18.9 Å². The summed E-state index contributed by atoms with van der Waals surface area (Å²) in [6.45, 7) is 0. The van der Waals surface area contributed by atoms with Crippen molar-refractivity contribution in [3.8, 4) is 5.75 Å². The Hall–Kier alpha value is -2.52. The highest BCUT2D eigenvalue weighted by Crippen LogP contribution is 2.26. The molecular weight excluding hydrogens is 257 g/mol. The van der Waals surface area contributed by atoms with Crippen LogP contribution < -0.4 is 15.9 Å². The van der Waals surface area contributed by atoms with Gasteiger partial charge in [0.15, 0.2) is 5.03 Å². The number of ether oxygens (including phenoxy) is 1. The lowest BCUT2D eigenvalue weighted by atomic mass is 10.3. The molecule has 0 spiro atoms. The zero-order chi connectivity index (χ0) is 13.8. The van der Waals surface area contributed by atoms with Gasteiger partial charge in [0.25, 0.3) is 5.96 Å². The third-order valence-electron chi connectivity index (χ3n) is 1.51. The number of nitro groups is 1. The summed E-state index contributed by atoms with van der Waals surface area (Å²) in [5.41, 5.74) is 6.64. The molecule has 0 saturated heterocycles. The number of halogens is 3. The van der Waals surface area contributed by atoms with Crippen molar-refractivity contribution in [2.24, 2.45) is 10.7 Å². The van der Waals surface area contributed by atoms with E-state index in [0.717, 1.165) is 12.1 Å². The molecule has 18 heavy (non-hydrogen) atoms. The normalized spacial score (nSPS) is 12.1. The van der Waals surface area contributed by atoms with Crippen molar-refractivity contribution in [3.05, 3.63) is 34.4 Å². The number of hydrazine groups is 1. The van der Waals surface area contributed by atoms with Gasteiger partial charge in [0.2, 0.25) is 0 Å². The SMILES string of the molecule is NC(=Nc1cccc(OC(F)(F)F)c1)N[N+](=O)[O-]. The average Bonchev–Trinajstić information content (AvgIpc) is 2.13. The number of aliphatic imine (C=N–C) groups is 1. The topological polar surface area (TPSA) is 103 Å². The Kier molecular flexibility index (Phi) is 3.92. The molecule has 0 bridgehead atoms. The minimum absolute atomic E-state index is 0.0244. The molecule has 0 unspecified atom stereocenters. The number of nitrogens with one attached hydrogen (secondary N) is 1. The third-order valence-corrected chi connectivity index (χ3v) is 1.51. The molecule has 0 amide bonds. The van der Waals surface area contributed by atoms with Gasteiger partial charge in [-0.1, -0.05) is 11.5 Å². The molecule has 7 nitrogen and oxygen atoms in total. The van der Waals surface area contributed by atoms with Crippen molar-refractivity contribution in [2.75, 3.05) is 0 Å². The number of rotatable bonds is 3. The van der Waals surface area contributed by atoms with Crippen molar-refractivity contribution in [1.29, 1.82) is 0 Å². The minimum Gasteiger partial charge on any atom is -0.406 e. The molecule has 3 N–H and O–H groups in total. The smallest absolute Gasteiger partial charge is 0.406 e. The Morgan fingerprint density at radius 2 is 2.17 bits per heavy atom. The van der Waals surface area contributed by atoms with Crippen molar-refractivity contribution < 1.29 is 22.9 Å². The van der Waals surface area contributed by atoms with E-state index in [2.05, 4.69) is 9.73 Å². The number of nitrogens with two attached hydrogens (primary N) is 1. The highest BCUT2D eigenvalue weighted by Gasteiger charge is 2.31. The summed E-state index contributed by atoms with van der Waals surface area (Å²) in [7, 11) is 0. The Bertz CT molecular complexity index is 475. The van der Waals surface area contributed by atoms with E-state index in [9.17, 15) is 23.3 Å². The van der Waals surface area contributed by atoms with Gasteiger partial charge in [-0.25, -0.2) is 15.1 Å². The first-order valence-corrected chi connectivity index (χ1v) is 4.37. The summed E-state index contributed by atoms with van der Waals surface area (Å²) in [6, 6.07) is 4.53. The maximum Gasteiger partial charge on any atom is 0.573 e. The lowest BCUT2D eigenvalue weighted by molar-refractivity contribution is -0.525. The van der Waals surface area contributed by atoms with Crippen LogP contribution >= 0.6 is 0 Å². The lowest BCUT2D eigenvalue weighted by Gasteiger charge is -2.08. The van der Waals surface area contributed by atoms with E-state index in [0.29, 0.717) is 0 Å². The zero-order valence-electron chi connectivity index (χ0n) is 8.64. The number of guanidine groups is 1. The van der Waals surface area contributed by atoms with E-state index in [1.54, 1.807) is 5.43 Å². The van der Waals surface area contributed by atoms with Crippen molar-refractivity contribution >= 4 is 11.6 Å². The predicted molar refractivity (Wildman–Crippen MR) is 54.5 cm³/mol. The van der Waals surface area contributed by atoms with Crippen molar-refractivity contribution in [1.82, 2.24) is 5.43 Å². The summed E-state index contributed by atoms with van der Waals surface area (Å²) in [6.07, 6.45) is -4.83. The van der Waals surface area contributed by atoms with Gasteiger partial charge in [0.1, 0.15) is 5.75 Å². The Labute approximate surface area is 98.2 Å². The van der Waals surface area contributed by atoms with Crippen LogP contribution in [0.25, 0.3) is 0 Å². The van der Waals surface area contributed by atoms with Crippen LogP contribution in [0.1, 0.15) is 0 Å². The second-order valence-corrected chi connectivity index (χ2v) is 2.91. The number of nitrogens with zero attached hydrogens (tertiary/aromatic N) is 2. The van der Waals surface area contributed by atoms with Crippen LogP contribution in [0.5, 0.6) is 5.75 Å².